The second-order valence-corrected chi connectivity index (χ2v) is 5.56. The van der Waals surface area contributed by atoms with Crippen molar-refractivity contribution in [1.29, 1.82) is 0 Å². The molecule has 4 heteroatoms. The van der Waals surface area contributed by atoms with E-state index in [1.165, 1.54) is 32.1 Å². The predicted molar refractivity (Wildman–Crippen MR) is 70.6 cm³/mol. The van der Waals surface area contributed by atoms with Crippen LogP contribution in [0.15, 0.2) is 0 Å². The number of rotatable bonds is 5. The topological polar surface area (TPSA) is 55.1 Å². The minimum atomic E-state index is 0.184. The molecule has 0 heterocycles. The van der Waals surface area contributed by atoms with Crippen molar-refractivity contribution in [2.24, 2.45) is 5.73 Å². The normalized spacial score (nSPS) is 18.8. The summed E-state index contributed by atoms with van der Waals surface area (Å²) in [6, 6.07) is 0.422. The van der Waals surface area contributed by atoms with Gasteiger partial charge in [0.05, 0.1) is 5.75 Å². The molecule has 94 valence electrons. The van der Waals surface area contributed by atoms with Crippen molar-refractivity contribution in [3.8, 4) is 0 Å². The van der Waals surface area contributed by atoms with E-state index in [0.29, 0.717) is 18.3 Å². The fourth-order valence-electron chi connectivity index (χ4n) is 2.12. The van der Waals surface area contributed by atoms with E-state index >= 15 is 0 Å². The molecule has 0 radical (unpaired) electrons. The lowest BCUT2D eigenvalue weighted by atomic mass is 9.97. The van der Waals surface area contributed by atoms with Gasteiger partial charge in [0.25, 0.3) is 0 Å². The Hall–Kier alpha value is -0.220. The second-order valence-electron chi connectivity index (χ2n) is 4.45. The van der Waals surface area contributed by atoms with E-state index in [1.54, 1.807) is 11.8 Å². The molecule has 0 spiro atoms. The summed E-state index contributed by atoms with van der Waals surface area (Å²) in [5.74, 6) is 1.62. The molecule has 1 rings (SSSR count). The van der Waals surface area contributed by atoms with Crippen LogP contribution in [0.4, 0.5) is 0 Å². The van der Waals surface area contributed by atoms with E-state index in [9.17, 15) is 4.79 Å². The predicted octanol–water partition coefficient (Wildman–Crippen LogP) is 1.91. The molecule has 0 aliphatic heterocycles. The van der Waals surface area contributed by atoms with E-state index < -0.39 is 0 Å². The van der Waals surface area contributed by atoms with Gasteiger partial charge in [0.15, 0.2) is 0 Å². The summed E-state index contributed by atoms with van der Waals surface area (Å²) >= 11 is 1.62. The third-order valence-corrected chi connectivity index (χ3v) is 3.96. The van der Waals surface area contributed by atoms with Crippen molar-refractivity contribution in [2.75, 3.05) is 18.1 Å². The van der Waals surface area contributed by atoms with Crippen molar-refractivity contribution in [1.82, 2.24) is 5.32 Å². The SMILES string of the molecule is NCCSCC(=O)NC1CCCCCCC1. The van der Waals surface area contributed by atoms with Crippen LogP contribution in [0.2, 0.25) is 0 Å². The number of carbonyl (C=O) groups excluding carboxylic acids is 1. The van der Waals surface area contributed by atoms with E-state index in [-0.39, 0.29) is 5.91 Å². The number of nitrogens with one attached hydrogen (secondary N) is 1. The Balaban J connectivity index is 2.14. The van der Waals surface area contributed by atoms with Gasteiger partial charge in [-0.3, -0.25) is 4.79 Å². The molecule has 1 aliphatic rings. The molecule has 0 aromatic rings. The van der Waals surface area contributed by atoms with Gasteiger partial charge in [-0.05, 0) is 12.8 Å². The van der Waals surface area contributed by atoms with Crippen molar-refractivity contribution in [2.45, 2.75) is 51.0 Å². The lowest BCUT2D eigenvalue weighted by Gasteiger charge is -2.20. The Labute approximate surface area is 103 Å². The third kappa shape index (κ3) is 6.38. The summed E-state index contributed by atoms with van der Waals surface area (Å²) in [6.07, 6.45) is 8.87. The minimum absolute atomic E-state index is 0.184. The summed E-state index contributed by atoms with van der Waals surface area (Å²) < 4.78 is 0. The van der Waals surface area contributed by atoms with E-state index in [2.05, 4.69) is 5.32 Å². The van der Waals surface area contributed by atoms with Crippen LogP contribution < -0.4 is 11.1 Å². The maximum atomic E-state index is 11.6. The minimum Gasteiger partial charge on any atom is -0.353 e. The lowest BCUT2D eigenvalue weighted by molar-refractivity contribution is -0.119. The molecule has 0 unspecified atom stereocenters. The molecule has 1 aliphatic carbocycles. The van der Waals surface area contributed by atoms with Crippen LogP contribution in [0.1, 0.15) is 44.9 Å². The van der Waals surface area contributed by atoms with Crippen molar-refractivity contribution in [3.63, 3.8) is 0 Å². The standard InChI is InChI=1S/C12H24N2OS/c13-8-9-16-10-12(15)14-11-6-4-2-1-3-5-7-11/h11H,1-10,13H2,(H,14,15). The Morgan fingerprint density at radius 3 is 2.44 bits per heavy atom. The third-order valence-electron chi connectivity index (χ3n) is 2.97. The first-order valence-corrected chi connectivity index (χ1v) is 7.55. The van der Waals surface area contributed by atoms with E-state index in [4.69, 9.17) is 5.73 Å². The molecule has 3 nitrogen and oxygen atoms in total. The van der Waals surface area contributed by atoms with Gasteiger partial charge in [-0.15, -0.1) is 0 Å². The van der Waals surface area contributed by atoms with Crippen LogP contribution in [0.5, 0.6) is 0 Å². The monoisotopic (exact) mass is 244 g/mol. The van der Waals surface area contributed by atoms with E-state index in [1.807, 2.05) is 0 Å². The zero-order valence-electron chi connectivity index (χ0n) is 10.0. The fourth-order valence-corrected chi connectivity index (χ4v) is 2.70. The van der Waals surface area contributed by atoms with Crippen LogP contribution in [-0.2, 0) is 4.79 Å². The highest BCUT2D eigenvalue weighted by Crippen LogP contribution is 2.17. The van der Waals surface area contributed by atoms with Crippen LogP contribution >= 0.6 is 11.8 Å². The molecule has 16 heavy (non-hydrogen) atoms. The Morgan fingerprint density at radius 2 is 1.81 bits per heavy atom. The van der Waals surface area contributed by atoms with Gasteiger partial charge in [0.2, 0.25) is 5.91 Å². The van der Waals surface area contributed by atoms with Crippen LogP contribution in [0, 0.1) is 0 Å². The van der Waals surface area contributed by atoms with Gasteiger partial charge in [-0.25, -0.2) is 0 Å². The van der Waals surface area contributed by atoms with Gasteiger partial charge < -0.3 is 11.1 Å². The molecule has 1 saturated carbocycles. The summed E-state index contributed by atoms with van der Waals surface area (Å²) in [7, 11) is 0. The van der Waals surface area contributed by atoms with Crippen molar-refractivity contribution >= 4 is 17.7 Å². The van der Waals surface area contributed by atoms with Crippen molar-refractivity contribution in [3.05, 3.63) is 0 Å². The smallest absolute Gasteiger partial charge is 0.230 e. The Kier molecular flexibility index (Phi) is 7.68. The molecule has 0 atom stereocenters. The number of amides is 1. The summed E-state index contributed by atoms with van der Waals surface area (Å²) in [4.78, 5) is 11.6. The number of carbonyl (C=O) groups is 1. The lowest BCUT2D eigenvalue weighted by Crippen LogP contribution is -2.36. The number of hydrogen-bond acceptors (Lipinski definition) is 3. The van der Waals surface area contributed by atoms with Gasteiger partial charge >= 0.3 is 0 Å². The number of thioether (sulfide) groups is 1. The van der Waals surface area contributed by atoms with Gasteiger partial charge in [0, 0.05) is 18.3 Å². The quantitative estimate of drug-likeness (QED) is 0.726. The Bertz CT molecular complexity index is 191. The highest BCUT2D eigenvalue weighted by Gasteiger charge is 2.13. The number of hydrogen-bond donors (Lipinski definition) is 2. The summed E-state index contributed by atoms with van der Waals surface area (Å²) in [5.41, 5.74) is 5.38. The fraction of sp³-hybridized carbons (Fsp3) is 0.917. The highest BCUT2D eigenvalue weighted by atomic mass is 32.2. The molecule has 3 N–H and O–H groups in total. The molecule has 0 aromatic carbocycles. The molecule has 0 saturated heterocycles. The first-order valence-electron chi connectivity index (χ1n) is 6.40. The largest absolute Gasteiger partial charge is 0.353 e. The van der Waals surface area contributed by atoms with Gasteiger partial charge in [-0.2, -0.15) is 11.8 Å². The first kappa shape index (κ1) is 13.8. The van der Waals surface area contributed by atoms with Crippen molar-refractivity contribution < 1.29 is 4.79 Å². The molecule has 0 aromatic heterocycles. The summed E-state index contributed by atoms with van der Waals surface area (Å²) in [5, 5.41) is 3.14. The molecular formula is C12H24N2OS. The maximum Gasteiger partial charge on any atom is 0.230 e. The highest BCUT2D eigenvalue weighted by molar-refractivity contribution is 7.99. The zero-order valence-corrected chi connectivity index (χ0v) is 10.9. The average Bonchev–Trinajstić information content (AvgIpc) is 2.22. The molecule has 1 fully saturated rings. The number of nitrogens with two attached hydrogens (primary N) is 1. The summed E-state index contributed by atoms with van der Waals surface area (Å²) in [6.45, 7) is 0.654. The second kappa shape index (κ2) is 8.88. The zero-order chi connectivity index (χ0) is 11.6. The Morgan fingerprint density at radius 1 is 1.19 bits per heavy atom. The van der Waals surface area contributed by atoms with Gasteiger partial charge in [0.1, 0.15) is 0 Å². The molecular weight excluding hydrogens is 220 g/mol. The first-order chi connectivity index (χ1) is 7.83. The van der Waals surface area contributed by atoms with Crippen LogP contribution in [-0.4, -0.2) is 30.0 Å². The van der Waals surface area contributed by atoms with Crippen LogP contribution in [0.25, 0.3) is 0 Å². The average molecular weight is 244 g/mol. The van der Waals surface area contributed by atoms with Gasteiger partial charge in [-0.1, -0.05) is 32.1 Å². The molecule has 1 amide bonds. The van der Waals surface area contributed by atoms with E-state index in [0.717, 1.165) is 18.6 Å². The van der Waals surface area contributed by atoms with Crippen LogP contribution in [0.3, 0.4) is 0 Å². The molecule has 0 bridgehead atoms. The maximum absolute atomic E-state index is 11.6.